The summed E-state index contributed by atoms with van der Waals surface area (Å²) in [6, 6.07) is 9.20. The molecule has 1 amide bonds. The number of nitrogens with zero attached hydrogens (tertiary/aromatic N) is 2. The molecular formula is C22H24F6N2O2. The number of alkyl halides is 6. The molecule has 0 N–H and O–H groups in total. The summed E-state index contributed by atoms with van der Waals surface area (Å²) in [5.41, 5.74) is 1.85. The van der Waals surface area contributed by atoms with Crippen LogP contribution in [0, 0.1) is 0 Å². The highest BCUT2D eigenvalue weighted by atomic mass is 19.4. The second kappa shape index (κ2) is 10.7. The quantitative estimate of drug-likeness (QED) is 0.404. The molecule has 0 aromatic heterocycles. The van der Waals surface area contributed by atoms with Gasteiger partial charge in [0.1, 0.15) is 0 Å². The van der Waals surface area contributed by atoms with Crippen LogP contribution in [0.1, 0.15) is 18.5 Å². The molecule has 1 fully saturated rings. The van der Waals surface area contributed by atoms with Crippen molar-refractivity contribution >= 4 is 6.09 Å². The fourth-order valence-electron chi connectivity index (χ4n) is 3.47. The molecule has 0 spiro atoms. The third kappa shape index (κ3) is 6.62. The Labute approximate surface area is 182 Å². The number of rotatable bonds is 6. The van der Waals surface area contributed by atoms with Crippen LogP contribution in [0.3, 0.4) is 0 Å². The van der Waals surface area contributed by atoms with Crippen molar-refractivity contribution in [2.24, 2.45) is 0 Å². The van der Waals surface area contributed by atoms with Crippen molar-refractivity contribution in [3.63, 3.8) is 0 Å². The average molecular weight is 462 g/mol. The number of carbonyl (C=O) groups is 1. The summed E-state index contributed by atoms with van der Waals surface area (Å²) in [5, 5.41) is 0. The van der Waals surface area contributed by atoms with Crippen LogP contribution in [0.15, 0.2) is 66.8 Å². The topological polar surface area (TPSA) is 32.8 Å². The van der Waals surface area contributed by atoms with Crippen molar-refractivity contribution in [3.8, 4) is 0 Å². The van der Waals surface area contributed by atoms with Gasteiger partial charge in [0.15, 0.2) is 0 Å². The number of halogens is 6. The van der Waals surface area contributed by atoms with E-state index in [1.807, 2.05) is 60.4 Å². The SMILES string of the molecule is C=C/C=C(\C=C/C)C(c1ccccc1)N1CCN(C(=O)OC(C(F)(F)F)C(F)(F)F)CC1. The number of carbonyl (C=O) groups excluding carboxylic acids is 1. The molecule has 1 atom stereocenters. The minimum atomic E-state index is -5.75. The van der Waals surface area contributed by atoms with E-state index in [0.717, 1.165) is 16.0 Å². The Hall–Kier alpha value is -2.75. The predicted octanol–water partition coefficient (Wildman–Crippen LogP) is 5.66. The maximum atomic E-state index is 12.7. The fraction of sp³-hybridized carbons (Fsp3) is 0.409. The number of benzene rings is 1. The van der Waals surface area contributed by atoms with Gasteiger partial charge in [0, 0.05) is 26.2 Å². The number of allylic oxidation sites excluding steroid dienone is 3. The van der Waals surface area contributed by atoms with Gasteiger partial charge in [0.05, 0.1) is 6.04 Å². The molecule has 4 nitrogen and oxygen atoms in total. The molecule has 0 aliphatic carbocycles. The lowest BCUT2D eigenvalue weighted by atomic mass is 9.95. The molecule has 0 radical (unpaired) electrons. The van der Waals surface area contributed by atoms with E-state index >= 15 is 0 Å². The van der Waals surface area contributed by atoms with Crippen molar-refractivity contribution in [2.75, 3.05) is 26.2 Å². The maximum absolute atomic E-state index is 12.7. The van der Waals surface area contributed by atoms with E-state index in [4.69, 9.17) is 0 Å². The fourth-order valence-corrected chi connectivity index (χ4v) is 3.47. The molecule has 1 heterocycles. The minimum Gasteiger partial charge on any atom is -0.426 e. The summed E-state index contributed by atoms with van der Waals surface area (Å²) in [6.45, 7) is 5.86. The third-order valence-corrected chi connectivity index (χ3v) is 4.85. The zero-order chi connectivity index (χ0) is 23.9. The van der Waals surface area contributed by atoms with E-state index in [9.17, 15) is 31.1 Å². The first kappa shape index (κ1) is 25.5. The van der Waals surface area contributed by atoms with E-state index in [1.165, 1.54) is 0 Å². The molecule has 176 valence electrons. The van der Waals surface area contributed by atoms with Gasteiger partial charge < -0.3 is 9.64 Å². The molecule has 1 aromatic rings. The zero-order valence-corrected chi connectivity index (χ0v) is 17.4. The highest BCUT2D eigenvalue weighted by Gasteiger charge is 2.60. The van der Waals surface area contributed by atoms with Crippen molar-refractivity contribution in [3.05, 3.63) is 72.4 Å². The van der Waals surface area contributed by atoms with Crippen molar-refractivity contribution in [2.45, 2.75) is 31.4 Å². The van der Waals surface area contributed by atoms with Crippen LogP contribution in [0.25, 0.3) is 0 Å². The van der Waals surface area contributed by atoms with Gasteiger partial charge in [-0.05, 0) is 18.1 Å². The lowest BCUT2D eigenvalue weighted by molar-refractivity contribution is -0.308. The minimum absolute atomic E-state index is 0.0815. The van der Waals surface area contributed by atoms with Crippen LogP contribution in [0.5, 0.6) is 0 Å². The third-order valence-electron chi connectivity index (χ3n) is 4.85. The molecule has 32 heavy (non-hydrogen) atoms. The van der Waals surface area contributed by atoms with Gasteiger partial charge in [-0.25, -0.2) is 4.79 Å². The Bertz CT molecular complexity index is 811. The van der Waals surface area contributed by atoms with E-state index in [1.54, 1.807) is 6.08 Å². The summed E-state index contributed by atoms with van der Waals surface area (Å²) in [4.78, 5) is 14.9. The van der Waals surface area contributed by atoms with Gasteiger partial charge in [0.25, 0.3) is 6.10 Å². The molecular weight excluding hydrogens is 438 g/mol. The summed E-state index contributed by atoms with van der Waals surface area (Å²) in [6.07, 6.45) is -10.1. The Morgan fingerprint density at radius 1 is 1.03 bits per heavy atom. The van der Waals surface area contributed by atoms with Gasteiger partial charge in [0.2, 0.25) is 0 Å². The van der Waals surface area contributed by atoms with Crippen molar-refractivity contribution < 1.29 is 35.9 Å². The summed E-state index contributed by atoms with van der Waals surface area (Å²) in [7, 11) is 0. The molecule has 1 aliphatic rings. The average Bonchev–Trinajstić information content (AvgIpc) is 2.72. The Morgan fingerprint density at radius 3 is 2.06 bits per heavy atom. The van der Waals surface area contributed by atoms with E-state index in [-0.39, 0.29) is 32.2 Å². The lowest BCUT2D eigenvalue weighted by Gasteiger charge is -2.40. The first-order valence-electron chi connectivity index (χ1n) is 9.82. The monoisotopic (exact) mass is 462 g/mol. The first-order valence-corrected chi connectivity index (χ1v) is 9.82. The van der Waals surface area contributed by atoms with Crippen molar-refractivity contribution in [1.82, 2.24) is 9.80 Å². The summed E-state index contributed by atoms with van der Waals surface area (Å²) in [5.74, 6) is 0. The molecule has 1 unspecified atom stereocenters. The van der Waals surface area contributed by atoms with Gasteiger partial charge in [-0.1, -0.05) is 61.2 Å². The lowest BCUT2D eigenvalue weighted by Crippen LogP contribution is -2.53. The first-order chi connectivity index (χ1) is 15.0. The Balaban J connectivity index is 2.16. The van der Waals surface area contributed by atoms with Crippen LogP contribution < -0.4 is 0 Å². The van der Waals surface area contributed by atoms with Gasteiger partial charge >= 0.3 is 18.4 Å². The number of piperazine rings is 1. The molecule has 1 aliphatic heterocycles. The van der Waals surface area contributed by atoms with Gasteiger partial charge in [-0.2, -0.15) is 26.3 Å². The number of amides is 1. The number of ether oxygens (including phenoxy) is 1. The highest BCUT2D eigenvalue weighted by molar-refractivity contribution is 5.68. The smallest absolute Gasteiger partial charge is 0.426 e. The summed E-state index contributed by atoms with van der Waals surface area (Å²) >= 11 is 0. The standard InChI is InChI=1S/C22H24F6N2O2/c1-3-8-16(9-4-2)18(17-10-6-5-7-11-17)29-12-14-30(15-13-29)20(31)32-19(21(23,24)25)22(26,27)28/h3-11,18-19H,1,12-15H2,2H3/b9-4-,16-8+. The molecule has 0 bridgehead atoms. The van der Waals surface area contributed by atoms with Gasteiger partial charge in [-0.15, -0.1) is 0 Å². The van der Waals surface area contributed by atoms with E-state index < -0.39 is 24.5 Å². The maximum Gasteiger partial charge on any atom is 0.434 e. The Kier molecular flexibility index (Phi) is 8.54. The molecule has 10 heteroatoms. The summed E-state index contributed by atoms with van der Waals surface area (Å²) < 4.78 is 79.9. The second-order valence-electron chi connectivity index (χ2n) is 7.09. The number of hydrogen-bond donors (Lipinski definition) is 0. The van der Waals surface area contributed by atoms with Gasteiger partial charge in [-0.3, -0.25) is 4.90 Å². The molecule has 1 aromatic carbocycles. The van der Waals surface area contributed by atoms with Crippen LogP contribution in [-0.4, -0.2) is 60.5 Å². The van der Waals surface area contributed by atoms with Crippen molar-refractivity contribution in [1.29, 1.82) is 0 Å². The van der Waals surface area contributed by atoms with E-state index in [2.05, 4.69) is 11.3 Å². The zero-order valence-electron chi connectivity index (χ0n) is 17.4. The normalized spacial score (nSPS) is 17.6. The highest BCUT2D eigenvalue weighted by Crippen LogP contribution is 2.36. The predicted molar refractivity (Wildman–Crippen MR) is 108 cm³/mol. The van der Waals surface area contributed by atoms with E-state index in [0.29, 0.717) is 0 Å². The molecule has 0 saturated carbocycles. The largest absolute Gasteiger partial charge is 0.434 e. The van der Waals surface area contributed by atoms with Crippen LogP contribution >= 0.6 is 0 Å². The Morgan fingerprint density at radius 2 is 1.59 bits per heavy atom. The molecule has 1 saturated heterocycles. The van der Waals surface area contributed by atoms with Crippen LogP contribution in [-0.2, 0) is 4.74 Å². The second-order valence-corrected chi connectivity index (χ2v) is 7.09. The van der Waals surface area contributed by atoms with Crippen LogP contribution in [0.4, 0.5) is 31.1 Å². The number of hydrogen-bond acceptors (Lipinski definition) is 3. The van der Waals surface area contributed by atoms with Crippen LogP contribution in [0.2, 0.25) is 0 Å². The molecule has 2 rings (SSSR count).